The Bertz CT molecular complexity index is 242. The number of amides is 1. The molecule has 0 aliphatic carbocycles. The van der Waals surface area contributed by atoms with E-state index >= 15 is 0 Å². The topological polar surface area (TPSA) is 41.1 Å². The van der Waals surface area contributed by atoms with E-state index in [1.54, 1.807) is 0 Å². The van der Waals surface area contributed by atoms with E-state index in [9.17, 15) is 22.4 Å². The van der Waals surface area contributed by atoms with Crippen LogP contribution in [0.2, 0.25) is 0 Å². The van der Waals surface area contributed by atoms with Crippen LogP contribution in [0.25, 0.3) is 0 Å². The van der Waals surface area contributed by atoms with Crippen molar-refractivity contribution in [2.75, 3.05) is 19.6 Å². The lowest BCUT2D eigenvalue weighted by Crippen LogP contribution is -2.46. The smallest absolute Gasteiger partial charge is 0.324 e. The van der Waals surface area contributed by atoms with Gasteiger partial charge in [-0.05, 0) is 19.4 Å². The Morgan fingerprint density at radius 2 is 2.19 bits per heavy atom. The van der Waals surface area contributed by atoms with Crippen LogP contribution in [-0.4, -0.2) is 37.9 Å². The zero-order chi connectivity index (χ0) is 12.2. The molecule has 0 saturated carbocycles. The van der Waals surface area contributed by atoms with Crippen LogP contribution >= 0.6 is 0 Å². The molecule has 0 aromatic heterocycles. The summed E-state index contributed by atoms with van der Waals surface area (Å²) < 4.78 is 48.6. The van der Waals surface area contributed by atoms with Gasteiger partial charge in [-0.25, -0.2) is 8.78 Å². The maximum Gasteiger partial charge on any atom is 0.324 e. The van der Waals surface area contributed by atoms with Crippen molar-refractivity contribution in [3.8, 4) is 0 Å². The van der Waals surface area contributed by atoms with Crippen molar-refractivity contribution in [3.63, 3.8) is 0 Å². The summed E-state index contributed by atoms with van der Waals surface area (Å²) in [6.07, 6.45) is -2.38. The molecule has 1 atom stereocenters. The monoisotopic (exact) mass is 242 g/mol. The molecule has 0 aromatic carbocycles. The molecule has 0 spiro atoms. The number of carbonyl (C=O) groups excluding carboxylic acids is 1. The molecule has 3 nitrogen and oxygen atoms in total. The minimum absolute atomic E-state index is 0.401. The first-order valence-electron chi connectivity index (χ1n) is 5.08. The maximum atomic E-state index is 12.5. The minimum atomic E-state index is -4.16. The lowest BCUT2D eigenvalue weighted by Gasteiger charge is -2.23. The number of hydrogen-bond donors (Lipinski definition) is 2. The van der Waals surface area contributed by atoms with E-state index in [0.717, 1.165) is 13.0 Å². The summed E-state index contributed by atoms with van der Waals surface area (Å²) in [4.78, 5) is 11.3. The van der Waals surface area contributed by atoms with E-state index in [1.165, 1.54) is 0 Å². The molecular formula is C9H14F4N2O. The molecule has 1 heterocycles. The highest BCUT2D eigenvalue weighted by atomic mass is 19.3. The summed E-state index contributed by atoms with van der Waals surface area (Å²) in [5, 5.41) is 4.80. The lowest BCUT2D eigenvalue weighted by atomic mass is 9.99. The fourth-order valence-electron chi connectivity index (χ4n) is 1.50. The SMILES string of the molecule is O=C(NCC(F)(F)C(F)F)[C@H]1CCCNC1. The van der Waals surface area contributed by atoms with Gasteiger partial charge in [-0.3, -0.25) is 4.79 Å². The molecule has 1 fully saturated rings. The highest BCUT2D eigenvalue weighted by molar-refractivity contribution is 5.79. The fraction of sp³-hybridized carbons (Fsp3) is 0.889. The van der Waals surface area contributed by atoms with E-state index in [4.69, 9.17) is 0 Å². The zero-order valence-corrected chi connectivity index (χ0v) is 8.61. The Morgan fingerprint density at radius 3 is 2.69 bits per heavy atom. The molecular weight excluding hydrogens is 228 g/mol. The van der Waals surface area contributed by atoms with Gasteiger partial charge < -0.3 is 10.6 Å². The zero-order valence-electron chi connectivity index (χ0n) is 8.61. The standard InChI is InChI=1S/C9H14F4N2O/c10-8(11)9(12,13)5-15-7(16)6-2-1-3-14-4-6/h6,8,14H,1-5H2,(H,15,16)/t6-/m0/s1. The summed E-state index contributed by atoms with van der Waals surface area (Å²) >= 11 is 0. The largest absolute Gasteiger partial charge is 0.350 e. The second-order valence-electron chi connectivity index (χ2n) is 3.82. The van der Waals surface area contributed by atoms with E-state index in [1.807, 2.05) is 5.32 Å². The first kappa shape index (κ1) is 13.2. The van der Waals surface area contributed by atoms with Gasteiger partial charge >= 0.3 is 12.3 Å². The molecule has 1 saturated heterocycles. The van der Waals surface area contributed by atoms with Crippen molar-refractivity contribution in [3.05, 3.63) is 0 Å². The summed E-state index contributed by atoms with van der Waals surface area (Å²) in [7, 11) is 0. The van der Waals surface area contributed by atoms with Crippen LogP contribution in [0.3, 0.4) is 0 Å². The Balaban J connectivity index is 2.34. The molecule has 1 rings (SSSR count). The van der Waals surface area contributed by atoms with Gasteiger partial charge in [0, 0.05) is 6.54 Å². The predicted octanol–water partition coefficient (Wildman–Crippen LogP) is 1.00. The molecule has 0 radical (unpaired) electrons. The van der Waals surface area contributed by atoms with Gasteiger partial charge in [0.25, 0.3) is 0 Å². The number of carbonyl (C=O) groups is 1. The molecule has 0 aromatic rings. The second-order valence-corrected chi connectivity index (χ2v) is 3.82. The number of hydrogen-bond acceptors (Lipinski definition) is 2. The van der Waals surface area contributed by atoms with Crippen molar-refractivity contribution in [2.45, 2.75) is 25.2 Å². The van der Waals surface area contributed by atoms with Crippen molar-refractivity contribution < 1.29 is 22.4 Å². The van der Waals surface area contributed by atoms with Crippen LogP contribution in [-0.2, 0) is 4.79 Å². The first-order chi connectivity index (χ1) is 7.43. The quantitative estimate of drug-likeness (QED) is 0.722. The Labute approximate surface area is 90.6 Å². The molecule has 0 unspecified atom stereocenters. The van der Waals surface area contributed by atoms with E-state index in [2.05, 4.69) is 5.32 Å². The van der Waals surface area contributed by atoms with Gasteiger partial charge in [-0.2, -0.15) is 8.78 Å². The van der Waals surface area contributed by atoms with Crippen molar-refractivity contribution in [1.82, 2.24) is 10.6 Å². The molecule has 1 aliphatic rings. The number of piperidine rings is 1. The van der Waals surface area contributed by atoms with E-state index < -0.39 is 30.7 Å². The van der Waals surface area contributed by atoms with Gasteiger partial charge in [-0.1, -0.05) is 0 Å². The predicted molar refractivity (Wildman–Crippen MR) is 49.6 cm³/mol. The van der Waals surface area contributed by atoms with Gasteiger partial charge in [0.05, 0.1) is 12.5 Å². The Morgan fingerprint density at radius 1 is 1.50 bits per heavy atom. The second kappa shape index (κ2) is 5.47. The molecule has 2 N–H and O–H groups in total. The third kappa shape index (κ3) is 3.62. The summed E-state index contributed by atoms with van der Waals surface area (Å²) in [5.41, 5.74) is 0. The molecule has 1 amide bonds. The van der Waals surface area contributed by atoms with E-state index in [0.29, 0.717) is 13.0 Å². The third-order valence-electron chi connectivity index (χ3n) is 2.49. The number of rotatable bonds is 4. The lowest BCUT2D eigenvalue weighted by molar-refractivity contribution is -0.139. The average molecular weight is 242 g/mol. The normalized spacial score (nSPS) is 22.2. The summed E-state index contributed by atoms with van der Waals surface area (Å²) in [6.45, 7) is -0.108. The van der Waals surface area contributed by atoms with Gasteiger partial charge in [0.1, 0.15) is 0 Å². The van der Waals surface area contributed by atoms with Crippen LogP contribution in [0.15, 0.2) is 0 Å². The fourth-order valence-corrected chi connectivity index (χ4v) is 1.50. The van der Waals surface area contributed by atoms with Crippen LogP contribution in [0, 0.1) is 5.92 Å². The third-order valence-corrected chi connectivity index (χ3v) is 2.49. The van der Waals surface area contributed by atoms with Crippen molar-refractivity contribution in [1.29, 1.82) is 0 Å². The average Bonchev–Trinajstić information content (AvgIpc) is 2.27. The highest BCUT2D eigenvalue weighted by Crippen LogP contribution is 2.21. The molecule has 7 heteroatoms. The van der Waals surface area contributed by atoms with Crippen LogP contribution < -0.4 is 10.6 Å². The Hall–Kier alpha value is -0.850. The Kier molecular flexibility index (Phi) is 4.52. The molecule has 16 heavy (non-hydrogen) atoms. The van der Waals surface area contributed by atoms with Crippen molar-refractivity contribution in [2.24, 2.45) is 5.92 Å². The van der Waals surface area contributed by atoms with Crippen LogP contribution in [0.1, 0.15) is 12.8 Å². The highest BCUT2D eigenvalue weighted by Gasteiger charge is 2.41. The van der Waals surface area contributed by atoms with E-state index in [-0.39, 0.29) is 0 Å². The minimum Gasteiger partial charge on any atom is -0.350 e. The van der Waals surface area contributed by atoms with Gasteiger partial charge in [0.15, 0.2) is 0 Å². The summed E-state index contributed by atoms with van der Waals surface area (Å²) in [6, 6.07) is 0. The molecule has 0 bridgehead atoms. The maximum absolute atomic E-state index is 12.5. The molecule has 94 valence electrons. The van der Waals surface area contributed by atoms with Crippen molar-refractivity contribution >= 4 is 5.91 Å². The molecule has 1 aliphatic heterocycles. The van der Waals surface area contributed by atoms with Gasteiger partial charge in [-0.15, -0.1) is 0 Å². The van der Waals surface area contributed by atoms with Gasteiger partial charge in [0.2, 0.25) is 5.91 Å². The number of halogens is 4. The number of alkyl halides is 4. The van der Waals surface area contributed by atoms with Crippen LogP contribution in [0.5, 0.6) is 0 Å². The first-order valence-corrected chi connectivity index (χ1v) is 5.08. The summed E-state index contributed by atoms with van der Waals surface area (Å²) in [5.74, 6) is -5.15. The number of nitrogens with one attached hydrogen (secondary N) is 2. The van der Waals surface area contributed by atoms with Crippen LogP contribution in [0.4, 0.5) is 17.6 Å².